The number of hydrogen-bond donors (Lipinski definition) is 4. The lowest BCUT2D eigenvalue weighted by molar-refractivity contribution is -0.120. The zero-order chi connectivity index (χ0) is 26.5. The van der Waals surface area contributed by atoms with Crippen LogP contribution in [-0.4, -0.2) is 52.9 Å². The molecule has 0 radical (unpaired) electrons. The molecule has 2 aromatic carbocycles. The van der Waals surface area contributed by atoms with Crippen LogP contribution in [0.3, 0.4) is 0 Å². The van der Waals surface area contributed by atoms with Gasteiger partial charge in [-0.2, -0.15) is 0 Å². The van der Waals surface area contributed by atoms with E-state index >= 15 is 0 Å². The van der Waals surface area contributed by atoms with E-state index in [0.717, 1.165) is 35.0 Å². The summed E-state index contributed by atoms with van der Waals surface area (Å²) >= 11 is 6.25. The zero-order valence-electron chi connectivity index (χ0n) is 20.7. The van der Waals surface area contributed by atoms with E-state index in [4.69, 9.17) is 22.2 Å². The molecule has 0 saturated carbocycles. The van der Waals surface area contributed by atoms with Gasteiger partial charge in [0.15, 0.2) is 0 Å². The fourth-order valence-electron chi connectivity index (χ4n) is 4.86. The molecule has 2 aromatic heterocycles. The molecule has 0 aliphatic carbocycles. The Morgan fingerprint density at radius 3 is 2.82 bits per heavy atom. The molecule has 0 spiro atoms. The zero-order valence-corrected chi connectivity index (χ0v) is 21.4. The van der Waals surface area contributed by atoms with E-state index in [1.807, 2.05) is 47.4 Å². The predicted molar refractivity (Wildman–Crippen MR) is 146 cm³/mol. The van der Waals surface area contributed by atoms with Crippen molar-refractivity contribution in [2.24, 2.45) is 5.84 Å². The Bertz CT molecular complexity index is 1410. The summed E-state index contributed by atoms with van der Waals surface area (Å²) < 4.78 is 5.93. The lowest BCUT2D eigenvalue weighted by Gasteiger charge is -2.33. The van der Waals surface area contributed by atoms with Crippen LogP contribution >= 0.6 is 11.6 Å². The van der Waals surface area contributed by atoms with Gasteiger partial charge in [-0.05, 0) is 66.4 Å². The minimum absolute atomic E-state index is 0.167. The number of nitrogens with two attached hydrogens (primary N) is 1. The number of fused-ring (bicyclic) bond motifs is 3. The Hall–Kier alpha value is -3.92. The molecule has 196 valence electrons. The molecular formula is C28H29ClN6O3. The van der Waals surface area contributed by atoms with Gasteiger partial charge in [-0.25, -0.2) is 0 Å². The fourth-order valence-corrected chi connectivity index (χ4v) is 5.04. The predicted octanol–water partition coefficient (Wildman–Crippen LogP) is 3.35. The van der Waals surface area contributed by atoms with E-state index in [1.165, 1.54) is 5.56 Å². The van der Waals surface area contributed by atoms with Crippen molar-refractivity contribution in [1.29, 1.82) is 0 Å². The molecule has 38 heavy (non-hydrogen) atoms. The van der Waals surface area contributed by atoms with E-state index < -0.39 is 0 Å². The Morgan fingerprint density at radius 1 is 1.24 bits per heavy atom. The number of aromatic nitrogens is 2. The monoisotopic (exact) mass is 532 g/mol. The minimum atomic E-state index is -0.254. The maximum atomic E-state index is 12.2. The Balaban J connectivity index is 1.21. The fraction of sp³-hybridized carbons (Fsp3) is 0.250. The molecule has 2 amide bonds. The number of pyridine rings is 1. The number of rotatable bonds is 10. The van der Waals surface area contributed by atoms with Crippen LogP contribution < -0.4 is 21.3 Å². The van der Waals surface area contributed by atoms with Gasteiger partial charge in [-0.1, -0.05) is 29.8 Å². The first kappa shape index (κ1) is 25.7. The summed E-state index contributed by atoms with van der Waals surface area (Å²) in [4.78, 5) is 33.5. The standard InChI is InChI=1S/C28H29ClN6O3/c29-19-6-9-24-23(15-19)22-10-13-35(17-36)27(26(22)33-24)18-4-7-21(8-5-18)38-14-11-20(34-30)16-32-28(37)25-3-1-2-12-31-25/h1-9,12,15,17,20,27,33-34H,10-11,13-14,16,30H2,(H,32,37). The molecule has 1 aliphatic rings. The molecule has 5 rings (SSSR count). The number of ether oxygens (including phenoxy) is 1. The van der Waals surface area contributed by atoms with Crippen LogP contribution in [0.2, 0.25) is 5.02 Å². The van der Waals surface area contributed by atoms with Crippen LogP contribution in [0, 0.1) is 0 Å². The third-order valence-electron chi connectivity index (χ3n) is 6.83. The second-order valence-corrected chi connectivity index (χ2v) is 9.63. The number of nitrogens with zero attached hydrogens (tertiary/aromatic N) is 2. The van der Waals surface area contributed by atoms with Crippen LogP contribution in [-0.2, 0) is 11.2 Å². The molecule has 0 bridgehead atoms. The van der Waals surface area contributed by atoms with E-state index in [0.29, 0.717) is 42.6 Å². The molecule has 9 nitrogen and oxygen atoms in total. The summed E-state index contributed by atoms with van der Waals surface area (Å²) in [5.74, 6) is 6.12. The van der Waals surface area contributed by atoms with Gasteiger partial charge in [0.1, 0.15) is 11.4 Å². The van der Waals surface area contributed by atoms with Crippen molar-refractivity contribution in [3.63, 3.8) is 0 Å². The molecule has 3 heterocycles. The first-order valence-electron chi connectivity index (χ1n) is 12.5. The van der Waals surface area contributed by atoms with Crippen LogP contribution in [0.5, 0.6) is 5.75 Å². The smallest absolute Gasteiger partial charge is 0.269 e. The second kappa shape index (κ2) is 11.6. The third-order valence-corrected chi connectivity index (χ3v) is 7.07. The first-order valence-corrected chi connectivity index (χ1v) is 12.8. The normalized spacial score (nSPS) is 15.6. The molecule has 0 fully saturated rings. The molecule has 0 saturated heterocycles. The average Bonchev–Trinajstić information content (AvgIpc) is 3.32. The largest absolute Gasteiger partial charge is 0.494 e. The number of amides is 2. The lowest BCUT2D eigenvalue weighted by atomic mass is 9.93. The van der Waals surface area contributed by atoms with Crippen LogP contribution in [0.25, 0.3) is 10.9 Å². The quantitative estimate of drug-likeness (QED) is 0.141. The molecule has 10 heteroatoms. The highest BCUT2D eigenvalue weighted by Gasteiger charge is 2.31. The number of H-pyrrole nitrogens is 1. The van der Waals surface area contributed by atoms with Crippen molar-refractivity contribution in [3.8, 4) is 5.75 Å². The average molecular weight is 533 g/mol. The van der Waals surface area contributed by atoms with E-state index in [2.05, 4.69) is 20.7 Å². The molecule has 1 aliphatic heterocycles. The molecular weight excluding hydrogens is 504 g/mol. The van der Waals surface area contributed by atoms with E-state index in [1.54, 1.807) is 24.4 Å². The SMILES string of the molecule is NNC(CCOc1ccc(C2c3[nH]c4ccc(Cl)cc4c3CCN2C=O)cc1)CNC(=O)c1ccccn1. The van der Waals surface area contributed by atoms with Gasteiger partial charge < -0.3 is 19.9 Å². The first-order chi connectivity index (χ1) is 18.6. The van der Waals surface area contributed by atoms with Gasteiger partial charge in [-0.3, -0.25) is 25.8 Å². The number of aromatic amines is 1. The summed E-state index contributed by atoms with van der Waals surface area (Å²) in [6, 6.07) is 18.4. The molecule has 5 N–H and O–H groups in total. The summed E-state index contributed by atoms with van der Waals surface area (Å²) in [6.45, 7) is 1.38. The van der Waals surface area contributed by atoms with Gasteiger partial charge in [-0.15, -0.1) is 0 Å². The van der Waals surface area contributed by atoms with Crippen molar-refractivity contribution in [1.82, 2.24) is 25.6 Å². The van der Waals surface area contributed by atoms with Crippen molar-refractivity contribution in [3.05, 3.63) is 94.4 Å². The van der Waals surface area contributed by atoms with E-state index in [9.17, 15) is 9.59 Å². The summed E-state index contributed by atoms with van der Waals surface area (Å²) in [7, 11) is 0. The summed E-state index contributed by atoms with van der Waals surface area (Å²) in [5.41, 5.74) is 7.28. The van der Waals surface area contributed by atoms with Crippen molar-refractivity contribution in [2.75, 3.05) is 19.7 Å². The minimum Gasteiger partial charge on any atom is -0.494 e. The number of carbonyl (C=O) groups is 2. The molecule has 4 aromatic rings. The number of hydrazine groups is 1. The van der Waals surface area contributed by atoms with Crippen LogP contribution in [0.4, 0.5) is 0 Å². The van der Waals surface area contributed by atoms with Gasteiger partial charge in [0.05, 0.1) is 12.6 Å². The maximum absolute atomic E-state index is 12.2. The Morgan fingerprint density at radius 2 is 2.08 bits per heavy atom. The maximum Gasteiger partial charge on any atom is 0.269 e. The van der Waals surface area contributed by atoms with Crippen molar-refractivity contribution in [2.45, 2.75) is 24.9 Å². The number of nitrogens with one attached hydrogen (secondary N) is 3. The van der Waals surface area contributed by atoms with Gasteiger partial charge in [0.2, 0.25) is 6.41 Å². The number of benzene rings is 2. The van der Waals surface area contributed by atoms with Crippen LogP contribution in [0.15, 0.2) is 66.9 Å². The molecule has 2 atom stereocenters. The lowest BCUT2D eigenvalue weighted by Crippen LogP contribution is -2.45. The topological polar surface area (TPSA) is 125 Å². The highest BCUT2D eigenvalue weighted by molar-refractivity contribution is 6.31. The number of carbonyl (C=O) groups excluding carboxylic acids is 2. The van der Waals surface area contributed by atoms with Gasteiger partial charge in [0.25, 0.3) is 5.91 Å². The summed E-state index contributed by atoms with van der Waals surface area (Å²) in [5, 5.41) is 4.62. The Labute approximate surface area is 225 Å². The van der Waals surface area contributed by atoms with Gasteiger partial charge >= 0.3 is 0 Å². The third kappa shape index (κ3) is 5.50. The number of halogens is 1. The van der Waals surface area contributed by atoms with Crippen molar-refractivity contribution < 1.29 is 14.3 Å². The summed E-state index contributed by atoms with van der Waals surface area (Å²) in [6.07, 6.45) is 3.84. The highest BCUT2D eigenvalue weighted by Crippen LogP contribution is 2.38. The van der Waals surface area contributed by atoms with E-state index in [-0.39, 0.29) is 18.0 Å². The highest BCUT2D eigenvalue weighted by atomic mass is 35.5. The second-order valence-electron chi connectivity index (χ2n) is 9.20. The Kier molecular flexibility index (Phi) is 7.88. The number of hydrogen-bond acceptors (Lipinski definition) is 6. The van der Waals surface area contributed by atoms with Crippen molar-refractivity contribution >= 4 is 34.8 Å². The van der Waals surface area contributed by atoms with Crippen LogP contribution in [0.1, 0.15) is 39.8 Å². The van der Waals surface area contributed by atoms with Gasteiger partial charge in [0, 0.05) is 46.9 Å². The molecule has 2 unspecified atom stereocenters.